The number of aryl methyl sites for hydroxylation is 1. The number of hydrogen-bond donors (Lipinski definition) is 1. The highest BCUT2D eigenvalue weighted by molar-refractivity contribution is 7.12. The van der Waals surface area contributed by atoms with Gasteiger partial charge in [-0.3, -0.25) is 9.59 Å². The van der Waals surface area contributed by atoms with Crippen LogP contribution in [-0.4, -0.2) is 35.0 Å². The first-order valence-electron chi connectivity index (χ1n) is 6.99. The molecule has 0 unspecified atom stereocenters. The monoisotopic (exact) mass is 293 g/mol. The highest BCUT2D eigenvalue weighted by atomic mass is 32.1. The van der Waals surface area contributed by atoms with Gasteiger partial charge in [0.25, 0.3) is 0 Å². The summed E-state index contributed by atoms with van der Waals surface area (Å²) in [5, 5.41) is 9.22. The average molecular weight is 293 g/mol. The molecule has 1 aromatic rings. The third-order valence-electron chi connectivity index (χ3n) is 4.54. The zero-order chi connectivity index (χ0) is 14.5. The van der Waals surface area contributed by atoms with Gasteiger partial charge in [-0.15, -0.1) is 11.3 Å². The van der Waals surface area contributed by atoms with Crippen molar-refractivity contribution in [3.05, 3.63) is 21.9 Å². The maximum absolute atomic E-state index is 12.4. The van der Waals surface area contributed by atoms with Gasteiger partial charge in [-0.1, -0.05) is 0 Å². The van der Waals surface area contributed by atoms with E-state index in [4.69, 9.17) is 0 Å². The summed E-state index contributed by atoms with van der Waals surface area (Å²) in [6.07, 6.45) is 1.47. The van der Waals surface area contributed by atoms with Crippen molar-refractivity contribution < 1.29 is 14.7 Å². The highest BCUT2D eigenvalue weighted by Gasteiger charge is 2.50. The minimum absolute atomic E-state index is 0.0733. The van der Waals surface area contributed by atoms with E-state index in [1.807, 2.05) is 0 Å². The minimum Gasteiger partial charge on any atom is -0.481 e. The molecule has 0 bridgehead atoms. The molecule has 3 rings (SSSR count). The van der Waals surface area contributed by atoms with Crippen LogP contribution in [0.4, 0.5) is 0 Å². The van der Waals surface area contributed by atoms with Gasteiger partial charge in [0.05, 0.1) is 5.41 Å². The lowest BCUT2D eigenvalue weighted by Crippen LogP contribution is -2.35. The number of carbonyl (C=O) groups excluding carboxylic acids is 1. The standard InChI is InChI=1S/C15H19NO3S/c1-9-3-4-12(20-9)10-7-11(10)13(17)16-6-5-15(2,8-16)14(18)19/h3-4,10-11H,5-8H2,1-2H3,(H,18,19)/t10-,11-,15+/m1/s1. The Balaban J connectivity index is 1.63. The van der Waals surface area contributed by atoms with Gasteiger partial charge in [-0.05, 0) is 38.8 Å². The second-order valence-electron chi connectivity index (χ2n) is 6.27. The smallest absolute Gasteiger partial charge is 0.311 e. The molecule has 1 aromatic heterocycles. The number of carbonyl (C=O) groups is 2. The molecule has 2 aliphatic rings. The number of hydrogen-bond acceptors (Lipinski definition) is 3. The van der Waals surface area contributed by atoms with Gasteiger partial charge in [-0.2, -0.15) is 0 Å². The topological polar surface area (TPSA) is 57.6 Å². The molecular weight excluding hydrogens is 274 g/mol. The molecule has 1 aliphatic heterocycles. The van der Waals surface area contributed by atoms with Crippen molar-refractivity contribution in [2.75, 3.05) is 13.1 Å². The molecule has 4 nitrogen and oxygen atoms in total. The molecule has 0 radical (unpaired) electrons. The summed E-state index contributed by atoms with van der Waals surface area (Å²) in [6.45, 7) is 4.74. The SMILES string of the molecule is Cc1ccc([C@@H]2C[C@H]2C(=O)N2CC[C@](C)(C(=O)O)C2)s1. The van der Waals surface area contributed by atoms with Gasteiger partial charge in [0.1, 0.15) is 0 Å². The van der Waals surface area contributed by atoms with E-state index in [9.17, 15) is 14.7 Å². The second-order valence-corrected chi connectivity index (χ2v) is 7.59. The van der Waals surface area contributed by atoms with Crippen LogP contribution in [0.5, 0.6) is 0 Å². The Hall–Kier alpha value is -1.36. The van der Waals surface area contributed by atoms with Gasteiger partial charge in [0, 0.05) is 34.7 Å². The van der Waals surface area contributed by atoms with E-state index in [0.717, 1.165) is 6.42 Å². The molecule has 1 saturated heterocycles. The van der Waals surface area contributed by atoms with Gasteiger partial charge in [0.2, 0.25) is 5.91 Å². The fraction of sp³-hybridized carbons (Fsp3) is 0.600. The zero-order valence-electron chi connectivity index (χ0n) is 11.8. The molecule has 2 fully saturated rings. The van der Waals surface area contributed by atoms with Gasteiger partial charge in [-0.25, -0.2) is 0 Å². The van der Waals surface area contributed by atoms with Crippen molar-refractivity contribution in [3.8, 4) is 0 Å². The maximum atomic E-state index is 12.4. The average Bonchev–Trinajstić information content (AvgIpc) is 2.91. The largest absolute Gasteiger partial charge is 0.481 e. The Morgan fingerprint density at radius 2 is 2.20 bits per heavy atom. The zero-order valence-corrected chi connectivity index (χ0v) is 12.6. The summed E-state index contributed by atoms with van der Waals surface area (Å²) in [4.78, 5) is 28.0. The molecular formula is C15H19NO3S. The fourth-order valence-corrected chi connectivity index (χ4v) is 4.05. The van der Waals surface area contributed by atoms with Crippen molar-refractivity contribution in [3.63, 3.8) is 0 Å². The van der Waals surface area contributed by atoms with Gasteiger partial charge in [0.15, 0.2) is 0 Å². The first-order chi connectivity index (χ1) is 9.40. The number of carboxylic acid groups (broad SMARTS) is 1. The number of likely N-dealkylation sites (tertiary alicyclic amines) is 1. The van der Waals surface area contributed by atoms with Crippen LogP contribution in [0, 0.1) is 18.3 Å². The fourth-order valence-electron chi connectivity index (χ4n) is 2.99. The van der Waals surface area contributed by atoms with Crippen LogP contribution in [0.15, 0.2) is 12.1 Å². The Morgan fingerprint density at radius 3 is 2.75 bits per heavy atom. The Labute approximate surface area is 122 Å². The third kappa shape index (κ3) is 2.24. The first kappa shape index (κ1) is 13.6. The van der Waals surface area contributed by atoms with E-state index < -0.39 is 11.4 Å². The van der Waals surface area contributed by atoms with Crippen molar-refractivity contribution in [1.82, 2.24) is 4.90 Å². The van der Waals surface area contributed by atoms with E-state index in [2.05, 4.69) is 19.1 Å². The molecule has 0 spiro atoms. The molecule has 1 saturated carbocycles. The van der Waals surface area contributed by atoms with E-state index >= 15 is 0 Å². The maximum Gasteiger partial charge on any atom is 0.311 e. The molecule has 5 heteroatoms. The first-order valence-corrected chi connectivity index (χ1v) is 7.81. The van der Waals surface area contributed by atoms with Gasteiger partial charge < -0.3 is 10.0 Å². The molecule has 20 heavy (non-hydrogen) atoms. The summed E-state index contributed by atoms with van der Waals surface area (Å²) >= 11 is 1.76. The summed E-state index contributed by atoms with van der Waals surface area (Å²) in [6, 6.07) is 4.21. The lowest BCUT2D eigenvalue weighted by atomic mass is 9.90. The summed E-state index contributed by atoms with van der Waals surface area (Å²) in [5.41, 5.74) is -0.764. The van der Waals surface area contributed by atoms with Gasteiger partial charge >= 0.3 is 5.97 Å². The normalized spacial score (nSPS) is 32.4. The third-order valence-corrected chi connectivity index (χ3v) is 5.67. The van der Waals surface area contributed by atoms with Crippen molar-refractivity contribution in [2.24, 2.45) is 11.3 Å². The number of carboxylic acids is 1. The van der Waals surface area contributed by atoms with E-state index in [1.165, 1.54) is 9.75 Å². The molecule has 3 atom stereocenters. The Morgan fingerprint density at radius 1 is 1.45 bits per heavy atom. The molecule has 108 valence electrons. The lowest BCUT2D eigenvalue weighted by Gasteiger charge is -2.20. The summed E-state index contributed by atoms with van der Waals surface area (Å²) in [5.74, 6) is -0.220. The molecule has 1 aliphatic carbocycles. The lowest BCUT2D eigenvalue weighted by molar-refractivity contribution is -0.147. The number of thiophene rings is 1. The van der Waals surface area contributed by atoms with E-state index in [-0.39, 0.29) is 11.8 Å². The van der Waals surface area contributed by atoms with Crippen LogP contribution in [0.2, 0.25) is 0 Å². The second kappa shape index (κ2) is 4.58. The van der Waals surface area contributed by atoms with Crippen LogP contribution < -0.4 is 0 Å². The number of amides is 1. The van der Waals surface area contributed by atoms with Crippen molar-refractivity contribution >= 4 is 23.2 Å². The van der Waals surface area contributed by atoms with Crippen LogP contribution in [0.3, 0.4) is 0 Å². The van der Waals surface area contributed by atoms with E-state index in [0.29, 0.717) is 25.4 Å². The highest BCUT2D eigenvalue weighted by Crippen LogP contribution is 2.51. The Bertz CT molecular complexity index is 567. The van der Waals surface area contributed by atoms with Crippen LogP contribution in [-0.2, 0) is 9.59 Å². The van der Waals surface area contributed by atoms with Crippen LogP contribution in [0.1, 0.15) is 35.4 Å². The summed E-state index contributed by atoms with van der Waals surface area (Å²) in [7, 11) is 0. The number of rotatable bonds is 3. The predicted octanol–water partition coefficient (Wildman–Crippen LogP) is 2.48. The predicted molar refractivity (Wildman–Crippen MR) is 76.8 cm³/mol. The molecule has 2 heterocycles. The molecule has 0 aromatic carbocycles. The number of nitrogens with zero attached hydrogens (tertiary/aromatic N) is 1. The van der Waals surface area contributed by atoms with E-state index in [1.54, 1.807) is 23.2 Å². The number of aliphatic carboxylic acids is 1. The summed E-state index contributed by atoms with van der Waals surface area (Å²) < 4.78 is 0. The minimum atomic E-state index is -0.797. The molecule has 1 N–H and O–H groups in total. The van der Waals surface area contributed by atoms with Crippen LogP contribution in [0.25, 0.3) is 0 Å². The van der Waals surface area contributed by atoms with Crippen LogP contribution >= 0.6 is 11.3 Å². The quantitative estimate of drug-likeness (QED) is 0.931. The Kier molecular flexibility index (Phi) is 3.12. The van der Waals surface area contributed by atoms with Crippen molar-refractivity contribution in [1.29, 1.82) is 0 Å². The molecule has 1 amide bonds. The van der Waals surface area contributed by atoms with Crippen molar-refractivity contribution in [2.45, 2.75) is 32.6 Å².